The first-order valence-electron chi connectivity index (χ1n) is 8.69. The summed E-state index contributed by atoms with van der Waals surface area (Å²) in [6.07, 6.45) is 2.13. The summed E-state index contributed by atoms with van der Waals surface area (Å²) in [5.74, 6) is 6.08. The average Bonchev–Trinajstić information content (AvgIpc) is 2.63. The molecule has 3 rings (SSSR count). The van der Waals surface area contributed by atoms with E-state index in [1.165, 1.54) is 7.11 Å². The Hall–Kier alpha value is -2.74. The van der Waals surface area contributed by atoms with E-state index in [2.05, 4.69) is 49.7 Å². The molecule has 0 radical (unpaired) electrons. The monoisotopic (exact) mass is 349 g/mol. The molecule has 1 aliphatic carbocycles. The second kappa shape index (κ2) is 6.53. The van der Waals surface area contributed by atoms with Gasteiger partial charge in [0.25, 0.3) is 0 Å². The number of esters is 1. The Morgan fingerprint density at radius 1 is 0.962 bits per heavy atom. The Bertz CT molecular complexity index is 903. The van der Waals surface area contributed by atoms with Gasteiger partial charge in [0.15, 0.2) is 0 Å². The number of aromatic nitrogens is 3. The van der Waals surface area contributed by atoms with Crippen LogP contribution >= 0.6 is 0 Å². The highest BCUT2D eigenvalue weighted by molar-refractivity contribution is 5.89. The van der Waals surface area contributed by atoms with Gasteiger partial charge in [0.2, 0.25) is 5.82 Å². The second-order valence-electron chi connectivity index (χ2n) is 7.92. The minimum absolute atomic E-state index is 0.0134. The fourth-order valence-corrected chi connectivity index (χ4v) is 3.10. The number of nitrogens with zero attached hydrogens (tertiary/aromatic N) is 3. The third-order valence-electron chi connectivity index (χ3n) is 4.97. The number of fused-ring (bicyclic) bond motifs is 1. The van der Waals surface area contributed by atoms with Gasteiger partial charge in [-0.1, -0.05) is 33.6 Å². The van der Waals surface area contributed by atoms with Crippen molar-refractivity contribution < 1.29 is 9.53 Å². The van der Waals surface area contributed by atoms with Crippen molar-refractivity contribution in [1.82, 2.24) is 15.2 Å². The summed E-state index contributed by atoms with van der Waals surface area (Å²) in [4.78, 5) is 16.2. The lowest BCUT2D eigenvalue weighted by molar-refractivity contribution is 0.0600. The number of rotatable bonds is 1. The molecule has 0 aliphatic heterocycles. The summed E-state index contributed by atoms with van der Waals surface area (Å²) < 4.78 is 4.69. The molecule has 2 aromatic rings. The molecule has 134 valence electrons. The second-order valence-corrected chi connectivity index (χ2v) is 7.92. The minimum Gasteiger partial charge on any atom is -0.465 e. The Kier molecular flexibility index (Phi) is 4.53. The molecule has 0 amide bonds. The lowest BCUT2D eigenvalue weighted by Crippen LogP contribution is -2.36. The van der Waals surface area contributed by atoms with Crippen LogP contribution in [0.1, 0.15) is 73.7 Å². The molecule has 0 spiro atoms. The molecule has 5 nitrogen and oxygen atoms in total. The first-order valence-corrected chi connectivity index (χ1v) is 8.69. The van der Waals surface area contributed by atoms with Crippen molar-refractivity contribution >= 4 is 5.97 Å². The minimum atomic E-state index is -0.364. The molecule has 1 aromatic heterocycles. The topological polar surface area (TPSA) is 65.0 Å². The van der Waals surface area contributed by atoms with Crippen molar-refractivity contribution in [2.45, 2.75) is 51.4 Å². The summed E-state index contributed by atoms with van der Waals surface area (Å²) in [6, 6.07) is 6.93. The van der Waals surface area contributed by atoms with Crippen LogP contribution in [0, 0.1) is 11.8 Å². The maximum atomic E-state index is 11.5. The number of methoxy groups -OCH3 is 1. The molecule has 0 fully saturated rings. The van der Waals surface area contributed by atoms with E-state index in [0.29, 0.717) is 11.4 Å². The molecular weight excluding hydrogens is 326 g/mol. The number of carbonyl (C=O) groups excluding carboxylic acids is 1. The molecule has 5 heteroatoms. The van der Waals surface area contributed by atoms with Crippen LogP contribution in [0.2, 0.25) is 0 Å². The molecule has 0 atom stereocenters. The van der Waals surface area contributed by atoms with Crippen LogP contribution in [0.5, 0.6) is 0 Å². The maximum absolute atomic E-state index is 11.5. The summed E-state index contributed by atoms with van der Waals surface area (Å²) >= 11 is 0. The van der Waals surface area contributed by atoms with Gasteiger partial charge in [-0.25, -0.2) is 9.78 Å². The molecule has 0 bridgehead atoms. The van der Waals surface area contributed by atoms with Crippen molar-refractivity contribution in [2.75, 3.05) is 7.11 Å². The van der Waals surface area contributed by atoms with Gasteiger partial charge in [-0.05, 0) is 43.0 Å². The molecule has 1 aromatic carbocycles. The van der Waals surface area contributed by atoms with E-state index in [0.717, 1.165) is 29.8 Å². The average molecular weight is 349 g/mol. The molecule has 0 saturated carbocycles. The van der Waals surface area contributed by atoms with E-state index >= 15 is 0 Å². The SMILES string of the molecule is COC(=O)c1ccc(C#Cc2nnc3c(n2)C(C)(C)CCC3(C)C)cc1. The van der Waals surface area contributed by atoms with Gasteiger partial charge in [0.1, 0.15) is 0 Å². The standard InChI is InChI=1S/C21H23N3O2/c1-20(2)12-13-21(3,4)18-17(20)22-16(23-24-18)11-8-14-6-9-15(10-7-14)19(25)26-5/h6-7,9-10H,12-13H2,1-5H3. The Morgan fingerprint density at radius 3 is 2.19 bits per heavy atom. The van der Waals surface area contributed by atoms with Gasteiger partial charge in [-0.3, -0.25) is 0 Å². The van der Waals surface area contributed by atoms with E-state index in [1.807, 2.05) is 0 Å². The zero-order valence-corrected chi connectivity index (χ0v) is 15.9. The predicted octanol–water partition coefficient (Wildman–Crippen LogP) is 3.41. The first kappa shape index (κ1) is 18.1. The molecular formula is C21H23N3O2. The number of benzene rings is 1. The van der Waals surface area contributed by atoms with Crippen molar-refractivity contribution in [2.24, 2.45) is 0 Å². The van der Waals surface area contributed by atoms with Gasteiger partial charge >= 0.3 is 5.97 Å². The van der Waals surface area contributed by atoms with Crippen LogP contribution in [-0.4, -0.2) is 28.3 Å². The van der Waals surface area contributed by atoms with Crippen LogP contribution in [0.15, 0.2) is 24.3 Å². The Morgan fingerprint density at radius 2 is 1.58 bits per heavy atom. The van der Waals surface area contributed by atoms with Gasteiger partial charge in [0, 0.05) is 16.4 Å². The first-order chi connectivity index (χ1) is 12.2. The van der Waals surface area contributed by atoms with Crippen molar-refractivity contribution in [1.29, 1.82) is 0 Å². The molecule has 26 heavy (non-hydrogen) atoms. The summed E-state index contributed by atoms with van der Waals surface area (Å²) in [5, 5.41) is 8.67. The fraction of sp³-hybridized carbons (Fsp3) is 0.429. The van der Waals surface area contributed by atoms with Gasteiger partial charge in [-0.2, -0.15) is 5.10 Å². The third-order valence-corrected chi connectivity index (χ3v) is 4.97. The molecule has 1 heterocycles. The third kappa shape index (κ3) is 3.45. The van der Waals surface area contributed by atoms with Crippen molar-refractivity contribution in [3.8, 4) is 11.8 Å². The summed E-state index contributed by atoms with van der Waals surface area (Å²) in [6.45, 7) is 8.76. The van der Waals surface area contributed by atoms with E-state index in [9.17, 15) is 4.79 Å². The van der Waals surface area contributed by atoms with Crippen molar-refractivity contribution in [3.05, 3.63) is 52.6 Å². The predicted molar refractivity (Wildman–Crippen MR) is 98.9 cm³/mol. The number of carbonyl (C=O) groups is 1. The number of hydrogen-bond donors (Lipinski definition) is 0. The van der Waals surface area contributed by atoms with Crippen LogP contribution < -0.4 is 0 Å². The van der Waals surface area contributed by atoms with Crippen LogP contribution in [0.25, 0.3) is 0 Å². The molecule has 0 N–H and O–H groups in total. The lowest BCUT2D eigenvalue weighted by Gasteiger charge is -2.38. The van der Waals surface area contributed by atoms with Gasteiger partial charge in [-0.15, -0.1) is 5.10 Å². The smallest absolute Gasteiger partial charge is 0.337 e. The highest BCUT2D eigenvalue weighted by atomic mass is 16.5. The number of hydrogen-bond acceptors (Lipinski definition) is 5. The fourth-order valence-electron chi connectivity index (χ4n) is 3.10. The molecule has 0 unspecified atom stereocenters. The number of ether oxygens (including phenoxy) is 1. The highest BCUT2D eigenvalue weighted by Gasteiger charge is 2.40. The van der Waals surface area contributed by atoms with E-state index in [1.54, 1.807) is 24.3 Å². The molecule has 1 aliphatic rings. The Labute approximate surface area is 154 Å². The Balaban J connectivity index is 1.91. The van der Waals surface area contributed by atoms with Crippen molar-refractivity contribution in [3.63, 3.8) is 0 Å². The zero-order chi connectivity index (χ0) is 18.9. The normalized spacial score (nSPS) is 16.8. The van der Waals surface area contributed by atoms with Gasteiger partial charge < -0.3 is 4.74 Å². The lowest BCUT2D eigenvalue weighted by atomic mass is 9.67. The summed E-state index contributed by atoms with van der Waals surface area (Å²) in [5.41, 5.74) is 3.20. The maximum Gasteiger partial charge on any atom is 0.337 e. The highest BCUT2D eigenvalue weighted by Crippen LogP contribution is 2.43. The van der Waals surface area contributed by atoms with Crippen LogP contribution in [0.4, 0.5) is 0 Å². The van der Waals surface area contributed by atoms with Crippen LogP contribution in [-0.2, 0) is 15.6 Å². The van der Waals surface area contributed by atoms with E-state index in [-0.39, 0.29) is 16.8 Å². The zero-order valence-electron chi connectivity index (χ0n) is 15.9. The van der Waals surface area contributed by atoms with E-state index in [4.69, 9.17) is 9.72 Å². The van der Waals surface area contributed by atoms with Gasteiger partial charge in [0.05, 0.1) is 24.1 Å². The van der Waals surface area contributed by atoms with E-state index < -0.39 is 0 Å². The summed E-state index contributed by atoms with van der Waals surface area (Å²) in [7, 11) is 1.36. The quantitative estimate of drug-likeness (QED) is 0.583. The molecule has 0 saturated heterocycles. The van der Waals surface area contributed by atoms with Crippen LogP contribution in [0.3, 0.4) is 0 Å². The largest absolute Gasteiger partial charge is 0.465 e.